The number of ether oxygens (including phenoxy) is 1. The lowest BCUT2D eigenvalue weighted by molar-refractivity contribution is 0.296. The van der Waals surface area contributed by atoms with Gasteiger partial charge in [0.25, 0.3) is 5.95 Å². The molecule has 0 saturated heterocycles. The SMILES string of the molecule is C=C(OCC)c1nc(Cl)nc(-n2cncn2)n1. The van der Waals surface area contributed by atoms with Crippen LogP contribution in [-0.2, 0) is 4.74 Å². The summed E-state index contributed by atoms with van der Waals surface area (Å²) in [4.78, 5) is 15.8. The number of halogens is 1. The summed E-state index contributed by atoms with van der Waals surface area (Å²) in [6, 6.07) is 0. The second kappa shape index (κ2) is 4.88. The van der Waals surface area contributed by atoms with Crippen molar-refractivity contribution in [2.24, 2.45) is 0 Å². The van der Waals surface area contributed by atoms with E-state index in [1.165, 1.54) is 17.3 Å². The number of hydrogen-bond acceptors (Lipinski definition) is 6. The van der Waals surface area contributed by atoms with Gasteiger partial charge >= 0.3 is 0 Å². The molecule has 0 atom stereocenters. The van der Waals surface area contributed by atoms with Crippen LogP contribution in [0.4, 0.5) is 0 Å². The molecule has 2 rings (SSSR count). The van der Waals surface area contributed by atoms with Gasteiger partial charge < -0.3 is 4.74 Å². The molecule has 17 heavy (non-hydrogen) atoms. The highest BCUT2D eigenvalue weighted by molar-refractivity contribution is 6.28. The Morgan fingerprint density at radius 1 is 1.47 bits per heavy atom. The highest BCUT2D eigenvalue weighted by Gasteiger charge is 2.10. The molecule has 0 bridgehead atoms. The van der Waals surface area contributed by atoms with Gasteiger partial charge in [0, 0.05) is 0 Å². The Morgan fingerprint density at radius 3 is 2.94 bits per heavy atom. The minimum atomic E-state index is 0.0429. The lowest BCUT2D eigenvalue weighted by atomic mass is 10.5. The van der Waals surface area contributed by atoms with Gasteiger partial charge in [-0.05, 0) is 18.5 Å². The summed E-state index contributed by atoms with van der Waals surface area (Å²) in [5.74, 6) is 0.869. The second-order valence-corrected chi connectivity index (χ2v) is 3.26. The van der Waals surface area contributed by atoms with Gasteiger partial charge in [-0.25, -0.2) is 4.98 Å². The molecule has 0 aromatic carbocycles. The molecule has 8 heteroatoms. The fourth-order valence-corrected chi connectivity index (χ4v) is 1.27. The molecule has 0 N–H and O–H groups in total. The summed E-state index contributed by atoms with van der Waals surface area (Å²) in [7, 11) is 0. The standard InChI is InChI=1S/C9H9ClN6O/c1-3-17-6(2)7-13-8(10)15-9(14-7)16-5-11-4-12-16/h4-5H,2-3H2,1H3. The summed E-state index contributed by atoms with van der Waals surface area (Å²) in [6.45, 7) is 6.01. The normalized spacial score (nSPS) is 10.2. The van der Waals surface area contributed by atoms with Gasteiger partial charge in [-0.2, -0.15) is 24.7 Å². The van der Waals surface area contributed by atoms with E-state index < -0.39 is 0 Å². The first kappa shape index (κ1) is 11.5. The molecule has 0 spiro atoms. The van der Waals surface area contributed by atoms with Crippen LogP contribution in [0.15, 0.2) is 19.2 Å². The van der Waals surface area contributed by atoms with Gasteiger partial charge in [-0.1, -0.05) is 6.58 Å². The molecule has 0 radical (unpaired) electrons. The van der Waals surface area contributed by atoms with E-state index in [1.807, 2.05) is 6.92 Å². The van der Waals surface area contributed by atoms with Gasteiger partial charge in [0.2, 0.25) is 11.1 Å². The maximum absolute atomic E-state index is 5.79. The van der Waals surface area contributed by atoms with Crippen LogP contribution in [0.25, 0.3) is 11.7 Å². The molecule has 0 fully saturated rings. The van der Waals surface area contributed by atoms with E-state index >= 15 is 0 Å². The highest BCUT2D eigenvalue weighted by atomic mass is 35.5. The van der Waals surface area contributed by atoms with Gasteiger partial charge in [-0.3, -0.25) is 0 Å². The molecule has 0 saturated carbocycles. The van der Waals surface area contributed by atoms with Crippen LogP contribution in [0.1, 0.15) is 12.7 Å². The Labute approximate surface area is 102 Å². The van der Waals surface area contributed by atoms with Gasteiger partial charge in [0.1, 0.15) is 12.7 Å². The Morgan fingerprint density at radius 2 is 2.29 bits per heavy atom. The third kappa shape index (κ3) is 2.56. The topological polar surface area (TPSA) is 78.6 Å². The van der Waals surface area contributed by atoms with Crippen LogP contribution in [0.5, 0.6) is 0 Å². The van der Waals surface area contributed by atoms with Crippen LogP contribution in [0, 0.1) is 0 Å². The van der Waals surface area contributed by atoms with E-state index in [2.05, 4.69) is 31.6 Å². The zero-order valence-electron chi connectivity index (χ0n) is 9.04. The molecule has 7 nitrogen and oxygen atoms in total. The van der Waals surface area contributed by atoms with Crippen LogP contribution in [-0.4, -0.2) is 36.3 Å². The predicted molar refractivity (Wildman–Crippen MR) is 60.4 cm³/mol. The Bertz CT molecular complexity index is 526. The third-order valence-corrected chi connectivity index (χ3v) is 1.96. The Hall–Kier alpha value is -2.02. The van der Waals surface area contributed by atoms with Crippen LogP contribution < -0.4 is 0 Å². The monoisotopic (exact) mass is 252 g/mol. The molecule has 0 aliphatic carbocycles. The summed E-state index contributed by atoms with van der Waals surface area (Å²) in [6.07, 6.45) is 2.83. The van der Waals surface area contributed by atoms with Gasteiger partial charge in [-0.15, -0.1) is 0 Å². The number of rotatable bonds is 4. The average molecular weight is 253 g/mol. The molecule has 88 valence electrons. The molecule has 0 aliphatic heterocycles. The van der Waals surface area contributed by atoms with Gasteiger partial charge in [0.15, 0.2) is 5.76 Å². The summed E-state index contributed by atoms with van der Waals surface area (Å²) in [5, 5.41) is 3.94. The van der Waals surface area contributed by atoms with Crippen LogP contribution in [0.2, 0.25) is 5.28 Å². The quantitative estimate of drug-likeness (QED) is 0.759. The minimum absolute atomic E-state index is 0.0429. The van der Waals surface area contributed by atoms with Crippen molar-refractivity contribution < 1.29 is 4.74 Å². The molecule has 0 unspecified atom stereocenters. The van der Waals surface area contributed by atoms with E-state index in [0.717, 1.165) is 0 Å². The first-order chi connectivity index (χ1) is 8.20. The smallest absolute Gasteiger partial charge is 0.257 e. The number of aromatic nitrogens is 6. The fourth-order valence-electron chi connectivity index (χ4n) is 1.12. The first-order valence-electron chi connectivity index (χ1n) is 4.79. The molecule has 2 aromatic rings. The minimum Gasteiger partial charge on any atom is -0.491 e. The lowest BCUT2D eigenvalue weighted by Crippen LogP contribution is -2.07. The van der Waals surface area contributed by atoms with Crippen molar-refractivity contribution in [2.45, 2.75) is 6.92 Å². The van der Waals surface area contributed by atoms with Crippen molar-refractivity contribution >= 4 is 17.4 Å². The molecule has 0 amide bonds. The van der Waals surface area contributed by atoms with E-state index in [0.29, 0.717) is 12.4 Å². The highest BCUT2D eigenvalue weighted by Crippen LogP contribution is 2.12. The van der Waals surface area contributed by atoms with E-state index in [-0.39, 0.29) is 17.1 Å². The fraction of sp³-hybridized carbons (Fsp3) is 0.222. The summed E-state index contributed by atoms with van der Waals surface area (Å²) >= 11 is 5.79. The summed E-state index contributed by atoms with van der Waals surface area (Å²) in [5.41, 5.74) is 0. The van der Waals surface area contributed by atoms with Crippen molar-refractivity contribution in [2.75, 3.05) is 6.61 Å². The molecular weight excluding hydrogens is 244 g/mol. The predicted octanol–water partition coefficient (Wildman–Crippen LogP) is 1.11. The molecule has 2 heterocycles. The summed E-state index contributed by atoms with van der Waals surface area (Å²) < 4.78 is 6.58. The van der Waals surface area contributed by atoms with Crippen LogP contribution >= 0.6 is 11.6 Å². The van der Waals surface area contributed by atoms with Crippen molar-refractivity contribution in [3.63, 3.8) is 0 Å². The largest absolute Gasteiger partial charge is 0.491 e. The zero-order chi connectivity index (χ0) is 12.3. The maximum atomic E-state index is 5.79. The Balaban J connectivity index is 2.39. The molecule has 2 aromatic heterocycles. The number of nitrogens with zero attached hydrogens (tertiary/aromatic N) is 6. The molecular formula is C9H9ClN6O. The lowest BCUT2D eigenvalue weighted by Gasteiger charge is -2.06. The van der Waals surface area contributed by atoms with E-state index in [9.17, 15) is 0 Å². The average Bonchev–Trinajstić information content (AvgIpc) is 2.82. The molecule has 0 aliphatic rings. The second-order valence-electron chi connectivity index (χ2n) is 2.92. The van der Waals surface area contributed by atoms with Crippen molar-refractivity contribution in [3.05, 3.63) is 30.3 Å². The van der Waals surface area contributed by atoms with E-state index in [1.54, 1.807) is 0 Å². The third-order valence-electron chi connectivity index (χ3n) is 1.79. The van der Waals surface area contributed by atoms with Crippen molar-refractivity contribution in [3.8, 4) is 5.95 Å². The van der Waals surface area contributed by atoms with Crippen molar-refractivity contribution in [1.29, 1.82) is 0 Å². The van der Waals surface area contributed by atoms with Gasteiger partial charge in [0.05, 0.1) is 6.61 Å². The van der Waals surface area contributed by atoms with E-state index in [4.69, 9.17) is 16.3 Å². The maximum Gasteiger partial charge on any atom is 0.257 e. The van der Waals surface area contributed by atoms with Crippen LogP contribution in [0.3, 0.4) is 0 Å². The first-order valence-corrected chi connectivity index (χ1v) is 5.17. The number of hydrogen-bond donors (Lipinski definition) is 0. The van der Waals surface area contributed by atoms with Crippen molar-refractivity contribution in [1.82, 2.24) is 29.7 Å². The zero-order valence-corrected chi connectivity index (χ0v) is 9.79. The Kier molecular flexibility index (Phi) is 3.29.